The van der Waals surface area contributed by atoms with Crippen molar-refractivity contribution in [1.29, 1.82) is 0 Å². The van der Waals surface area contributed by atoms with Gasteiger partial charge in [0.1, 0.15) is 0 Å². The van der Waals surface area contributed by atoms with Crippen LogP contribution >= 0.6 is 0 Å². The van der Waals surface area contributed by atoms with Crippen LogP contribution in [0.2, 0.25) is 0 Å². The molecule has 0 heterocycles. The molecule has 0 radical (unpaired) electrons. The molecular formula is C11H19N. The van der Waals surface area contributed by atoms with Gasteiger partial charge in [0.2, 0.25) is 0 Å². The first-order valence-corrected chi connectivity index (χ1v) is 4.20. The minimum atomic E-state index is 1.62. The zero-order chi connectivity index (χ0) is 9.66. The first kappa shape index (κ1) is 13.4. The average molecular weight is 165 g/mol. The van der Waals surface area contributed by atoms with Gasteiger partial charge in [-0.3, -0.25) is 0 Å². The van der Waals surface area contributed by atoms with Crippen LogP contribution in [0, 0.1) is 0 Å². The molecule has 1 nitrogen and oxygen atoms in total. The van der Waals surface area contributed by atoms with Crippen LogP contribution in [0.1, 0.15) is 13.8 Å². The maximum Gasteiger partial charge on any atom is 0.00275 e. The molecule has 1 aromatic carbocycles. The summed E-state index contributed by atoms with van der Waals surface area (Å²) in [5, 5.41) is 2.69. The molecule has 0 aliphatic carbocycles. The second kappa shape index (κ2) is 16.4. The summed E-state index contributed by atoms with van der Waals surface area (Å²) in [4.78, 5) is 0. The number of hydrogen-bond acceptors (Lipinski definition) is 1. The molecule has 0 spiro atoms. The first-order chi connectivity index (χ1) is 5.91. The minimum Gasteiger partial charge on any atom is -0.394 e. The average Bonchev–Trinajstić information content (AvgIpc) is 2.24. The fraction of sp³-hybridized carbons (Fsp3) is 0.273. The zero-order valence-electron chi connectivity index (χ0n) is 8.25. The Bertz CT molecular complexity index is 120. The Morgan fingerprint density at radius 1 is 0.917 bits per heavy atom. The molecule has 0 atom stereocenters. The molecule has 0 amide bonds. The van der Waals surface area contributed by atoms with Gasteiger partial charge >= 0.3 is 0 Å². The van der Waals surface area contributed by atoms with E-state index in [9.17, 15) is 0 Å². The number of benzene rings is 1. The highest BCUT2D eigenvalue weighted by atomic mass is 14.8. The summed E-state index contributed by atoms with van der Waals surface area (Å²) in [5.41, 5.74) is 0. The summed E-state index contributed by atoms with van der Waals surface area (Å²) in [5.74, 6) is 0. The van der Waals surface area contributed by atoms with E-state index >= 15 is 0 Å². The molecule has 0 saturated carbocycles. The van der Waals surface area contributed by atoms with Gasteiger partial charge in [-0.2, -0.15) is 0 Å². The molecule has 0 fully saturated rings. The minimum absolute atomic E-state index is 1.62. The quantitative estimate of drug-likeness (QED) is 0.674. The van der Waals surface area contributed by atoms with Gasteiger partial charge in [-0.25, -0.2) is 0 Å². The maximum absolute atomic E-state index is 3.37. The van der Waals surface area contributed by atoms with Crippen LogP contribution in [0.15, 0.2) is 49.2 Å². The van der Waals surface area contributed by atoms with Crippen molar-refractivity contribution in [2.75, 3.05) is 7.05 Å². The van der Waals surface area contributed by atoms with Crippen molar-refractivity contribution in [1.82, 2.24) is 5.32 Å². The molecule has 0 aromatic heterocycles. The lowest BCUT2D eigenvalue weighted by atomic mass is 10.4. The Morgan fingerprint density at radius 3 is 1.17 bits per heavy atom. The third kappa shape index (κ3) is 15.9. The Balaban J connectivity index is 0. The van der Waals surface area contributed by atoms with Gasteiger partial charge in [0.15, 0.2) is 0 Å². The van der Waals surface area contributed by atoms with Crippen molar-refractivity contribution in [3.63, 3.8) is 0 Å². The van der Waals surface area contributed by atoms with E-state index in [1.807, 2.05) is 57.3 Å². The second-order valence-corrected chi connectivity index (χ2v) is 1.65. The Labute approximate surface area is 76.1 Å². The lowest BCUT2D eigenvalue weighted by Gasteiger charge is -1.70. The molecule has 0 saturated heterocycles. The number of nitrogens with one attached hydrogen (secondary N) is 1. The summed E-state index contributed by atoms with van der Waals surface area (Å²) in [6, 6.07) is 12.0. The van der Waals surface area contributed by atoms with Crippen molar-refractivity contribution in [2.24, 2.45) is 0 Å². The van der Waals surface area contributed by atoms with Crippen LogP contribution in [0.5, 0.6) is 0 Å². The topological polar surface area (TPSA) is 12.0 Å². The highest BCUT2D eigenvalue weighted by Crippen LogP contribution is 1.79. The van der Waals surface area contributed by atoms with Gasteiger partial charge in [-0.05, 0) is 6.20 Å². The van der Waals surface area contributed by atoms with Crippen LogP contribution in [0.3, 0.4) is 0 Å². The van der Waals surface area contributed by atoms with E-state index in [0.29, 0.717) is 0 Å². The normalized spacial score (nSPS) is 6.25. The lowest BCUT2D eigenvalue weighted by molar-refractivity contribution is 1.11. The van der Waals surface area contributed by atoms with Crippen molar-refractivity contribution < 1.29 is 0 Å². The molecule has 0 unspecified atom stereocenters. The molecule has 1 aromatic rings. The summed E-state index contributed by atoms with van der Waals surface area (Å²) >= 11 is 0. The predicted octanol–water partition coefficient (Wildman–Crippen LogP) is 3.06. The molecule has 0 aliphatic rings. The second-order valence-electron chi connectivity index (χ2n) is 1.65. The summed E-state index contributed by atoms with van der Waals surface area (Å²) < 4.78 is 0. The fourth-order valence-corrected chi connectivity index (χ4v) is 0.385. The third-order valence-corrected chi connectivity index (χ3v) is 0.871. The summed E-state index contributed by atoms with van der Waals surface area (Å²) in [7, 11) is 1.81. The van der Waals surface area contributed by atoms with E-state index in [2.05, 4.69) is 11.9 Å². The van der Waals surface area contributed by atoms with Gasteiger partial charge in [0.25, 0.3) is 0 Å². The summed E-state index contributed by atoms with van der Waals surface area (Å²) in [6.45, 7) is 7.37. The van der Waals surface area contributed by atoms with Gasteiger partial charge in [-0.1, -0.05) is 56.8 Å². The van der Waals surface area contributed by atoms with Crippen LogP contribution in [-0.2, 0) is 0 Å². The van der Waals surface area contributed by atoms with Crippen molar-refractivity contribution >= 4 is 0 Å². The van der Waals surface area contributed by atoms with Gasteiger partial charge in [-0.15, -0.1) is 0 Å². The standard InChI is InChI=1S/C6H6.C3H7N.C2H6/c1-2-4-6-5-3-1;1-3-4-2;1-2/h1-6H;3-4H,1H2,2H3;1-2H3. The SMILES string of the molecule is C=CNC.CC.c1ccccc1. The molecule has 0 aliphatic heterocycles. The molecule has 0 bridgehead atoms. The highest BCUT2D eigenvalue weighted by molar-refractivity contribution is 4.99. The van der Waals surface area contributed by atoms with Crippen LogP contribution in [-0.4, -0.2) is 7.05 Å². The maximum atomic E-state index is 3.37. The monoisotopic (exact) mass is 165 g/mol. The Morgan fingerprint density at radius 2 is 1.08 bits per heavy atom. The van der Waals surface area contributed by atoms with Gasteiger partial charge in [0.05, 0.1) is 0 Å². The van der Waals surface area contributed by atoms with Crippen molar-refractivity contribution in [2.45, 2.75) is 13.8 Å². The molecular weight excluding hydrogens is 146 g/mol. The smallest absolute Gasteiger partial charge is 0.00275 e. The highest BCUT2D eigenvalue weighted by Gasteiger charge is 1.57. The molecule has 1 rings (SSSR count). The molecule has 1 N–H and O–H groups in total. The summed E-state index contributed by atoms with van der Waals surface area (Å²) in [6.07, 6.45) is 1.62. The molecule has 12 heavy (non-hydrogen) atoms. The zero-order valence-corrected chi connectivity index (χ0v) is 8.25. The van der Waals surface area contributed by atoms with Crippen molar-refractivity contribution in [3.05, 3.63) is 49.2 Å². The Kier molecular flexibility index (Phi) is 18.2. The van der Waals surface area contributed by atoms with Crippen LogP contribution in [0.25, 0.3) is 0 Å². The number of rotatable bonds is 1. The van der Waals surface area contributed by atoms with E-state index in [1.54, 1.807) is 6.20 Å². The predicted molar refractivity (Wildman–Crippen MR) is 57.0 cm³/mol. The van der Waals surface area contributed by atoms with Crippen LogP contribution < -0.4 is 5.32 Å². The van der Waals surface area contributed by atoms with E-state index in [0.717, 1.165) is 0 Å². The van der Waals surface area contributed by atoms with E-state index in [1.165, 1.54) is 0 Å². The lowest BCUT2D eigenvalue weighted by Crippen LogP contribution is -1.87. The molecule has 68 valence electrons. The van der Waals surface area contributed by atoms with Gasteiger partial charge < -0.3 is 5.32 Å². The van der Waals surface area contributed by atoms with E-state index in [-0.39, 0.29) is 0 Å². The number of hydrogen-bond donors (Lipinski definition) is 1. The van der Waals surface area contributed by atoms with Gasteiger partial charge in [0, 0.05) is 7.05 Å². The van der Waals surface area contributed by atoms with E-state index < -0.39 is 0 Å². The largest absolute Gasteiger partial charge is 0.394 e. The van der Waals surface area contributed by atoms with E-state index in [4.69, 9.17) is 0 Å². The van der Waals surface area contributed by atoms with Crippen molar-refractivity contribution in [3.8, 4) is 0 Å². The Hall–Kier alpha value is -1.24. The first-order valence-electron chi connectivity index (χ1n) is 4.20. The van der Waals surface area contributed by atoms with Crippen LogP contribution in [0.4, 0.5) is 0 Å². The molecule has 1 heteroatoms. The third-order valence-electron chi connectivity index (χ3n) is 0.871. The fourth-order valence-electron chi connectivity index (χ4n) is 0.385.